The van der Waals surface area contributed by atoms with Crippen LogP contribution in [0.5, 0.6) is 11.5 Å². The van der Waals surface area contributed by atoms with Gasteiger partial charge in [-0.05, 0) is 60.2 Å². The minimum absolute atomic E-state index is 0.234. The fourth-order valence-corrected chi connectivity index (χ4v) is 3.06. The zero-order valence-corrected chi connectivity index (χ0v) is 19.2. The lowest BCUT2D eigenvalue weighted by Crippen LogP contribution is -2.34. The number of benzene rings is 3. The number of halogens is 1. The van der Waals surface area contributed by atoms with Gasteiger partial charge in [-0.1, -0.05) is 34.1 Å². The summed E-state index contributed by atoms with van der Waals surface area (Å²) in [6.45, 7) is -0.234. The van der Waals surface area contributed by atoms with Crippen molar-refractivity contribution in [3.05, 3.63) is 94.0 Å². The number of hydrazone groups is 1. The highest BCUT2D eigenvalue weighted by Crippen LogP contribution is 2.16. The summed E-state index contributed by atoms with van der Waals surface area (Å²) in [4.78, 5) is 36.3. The second kappa shape index (κ2) is 11.6. The molecule has 8 nitrogen and oxygen atoms in total. The summed E-state index contributed by atoms with van der Waals surface area (Å²) < 4.78 is 11.2. The Morgan fingerprint density at radius 1 is 0.939 bits per heavy atom. The molecule has 3 aromatic carbocycles. The molecular formula is C24H20BrN3O5. The highest BCUT2D eigenvalue weighted by molar-refractivity contribution is 9.10. The van der Waals surface area contributed by atoms with E-state index in [-0.39, 0.29) is 12.5 Å². The zero-order valence-electron chi connectivity index (χ0n) is 17.6. The largest absolute Gasteiger partial charge is 0.497 e. The van der Waals surface area contributed by atoms with Crippen molar-refractivity contribution in [2.24, 2.45) is 5.10 Å². The molecule has 0 saturated heterocycles. The molecule has 0 saturated carbocycles. The topological polar surface area (TPSA) is 106 Å². The Morgan fingerprint density at radius 3 is 2.42 bits per heavy atom. The minimum Gasteiger partial charge on any atom is -0.497 e. The normalized spacial score (nSPS) is 10.5. The fraction of sp³-hybridized carbons (Fsp3) is 0.0833. The summed E-state index contributed by atoms with van der Waals surface area (Å²) in [6.07, 6.45) is 1.40. The SMILES string of the molecule is COc1ccc(C(=O)Oc2cccc(/C=N/NC(=O)CNC(=O)c3cccc(Br)c3)c2)cc1. The molecule has 3 aromatic rings. The number of ether oxygens (including phenoxy) is 2. The highest BCUT2D eigenvalue weighted by atomic mass is 79.9. The van der Waals surface area contributed by atoms with E-state index in [2.05, 4.69) is 31.8 Å². The molecule has 0 aromatic heterocycles. The minimum atomic E-state index is -0.513. The molecule has 168 valence electrons. The van der Waals surface area contributed by atoms with Crippen LogP contribution in [-0.4, -0.2) is 37.7 Å². The Balaban J connectivity index is 1.49. The number of carbonyl (C=O) groups is 3. The van der Waals surface area contributed by atoms with E-state index in [0.717, 1.165) is 4.47 Å². The predicted molar refractivity (Wildman–Crippen MR) is 127 cm³/mol. The summed E-state index contributed by atoms with van der Waals surface area (Å²) in [5.74, 6) is -0.411. The summed E-state index contributed by atoms with van der Waals surface area (Å²) in [6, 6.07) is 20.0. The molecule has 2 N–H and O–H groups in total. The number of esters is 1. The van der Waals surface area contributed by atoms with Crippen LogP contribution >= 0.6 is 15.9 Å². The van der Waals surface area contributed by atoms with E-state index in [1.54, 1.807) is 79.9 Å². The summed E-state index contributed by atoms with van der Waals surface area (Å²) in [5, 5.41) is 6.38. The molecule has 33 heavy (non-hydrogen) atoms. The van der Waals surface area contributed by atoms with Crippen molar-refractivity contribution in [2.45, 2.75) is 0 Å². The molecule has 2 amide bonds. The second-order valence-electron chi connectivity index (χ2n) is 6.68. The van der Waals surface area contributed by atoms with Gasteiger partial charge in [-0.15, -0.1) is 0 Å². The molecule has 9 heteroatoms. The number of nitrogens with zero attached hydrogens (tertiary/aromatic N) is 1. The van der Waals surface area contributed by atoms with E-state index in [4.69, 9.17) is 9.47 Å². The number of hydrogen-bond donors (Lipinski definition) is 2. The van der Waals surface area contributed by atoms with Crippen molar-refractivity contribution in [1.29, 1.82) is 0 Å². The first kappa shape index (κ1) is 23.7. The van der Waals surface area contributed by atoms with Crippen molar-refractivity contribution >= 4 is 39.9 Å². The number of carbonyl (C=O) groups excluding carboxylic acids is 3. The number of methoxy groups -OCH3 is 1. The molecule has 0 spiro atoms. The molecule has 0 unspecified atom stereocenters. The van der Waals surface area contributed by atoms with Crippen LogP contribution in [0.15, 0.2) is 82.4 Å². The summed E-state index contributed by atoms with van der Waals surface area (Å²) in [7, 11) is 1.54. The lowest BCUT2D eigenvalue weighted by atomic mass is 10.2. The van der Waals surface area contributed by atoms with Crippen molar-refractivity contribution in [2.75, 3.05) is 13.7 Å². The van der Waals surface area contributed by atoms with Gasteiger partial charge < -0.3 is 14.8 Å². The van der Waals surface area contributed by atoms with E-state index in [1.807, 2.05) is 0 Å². The van der Waals surface area contributed by atoms with Crippen molar-refractivity contribution in [3.8, 4) is 11.5 Å². The third-order valence-electron chi connectivity index (χ3n) is 4.29. The first-order valence-electron chi connectivity index (χ1n) is 9.76. The van der Waals surface area contributed by atoms with E-state index in [0.29, 0.717) is 28.2 Å². The average Bonchev–Trinajstić information content (AvgIpc) is 2.83. The van der Waals surface area contributed by atoms with Crippen LogP contribution < -0.4 is 20.2 Å². The zero-order chi connectivity index (χ0) is 23.6. The fourth-order valence-electron chi connectivity index (χ4n) is 2.66. The Bertz CT molecular complexity index is 1180. The lowest BCUT2D eigenvalue weighted by molar-refractivity contribution is -0.120. The molecule has 0 heterocycles. The van der Waals surface area contributed by atoms with Crippen LogP contribution in [0, 0.1) is 0 Å². The Morgan fingerprint density at radius 2 is 1.70 bits per heavy atom. The van der Waals surface area contributed by atoms with Gasteiger partial charge in [0.15, 0.2) is 0 Å². The number of rotatable bonds is 8. The average molecular weight is 510 g/mol. The van der Waals surface area contributed by atoms with E-state index >= 15 is 0 Å². The van der Waals surface area contributed by atoms with E-state index in [1.165, 1.54) is 6.21 Å². The van der Waals surface area contributed by atoms with Crippen LogP contribution in [0.1, 0.15) is 26.3 Å². The summed E-state index contributed by atoms with van der Waals surface area (Å²) in [5.41, 5.74) is 3.75. The van der Waals surface area contributed by atoms with Crippen molar-refractivity contribution < 1.29 is 23.9 Å². The first-order chi connectivity index (χ1) is 15.9. The maximum Gasteiger partial charge on any atom is 0.343 e. The van der Waals surface area contributed by atoms with Gasteiger partial charge in [0.05, 0.1) is 25.4 Å². The Kier molecular flexibility index (Phi) is 8.31. The van der Waals surface area contributed by atoms with Crippen LogP contribution in [-0.2, 0) is 4.79 Å². The van der Waals surface area contributed by atoms with Gasteiger partial charge in [0.2, 0.25) is 0 Å². The maximum atomic E-state index is 12.3. The van der Waals surface area contributed by atoms with Crippen molar-refractivity contribution in [3.63, 3.8) is 0 Å². The van der Waals surface area contributed by atoms with Gasteiger partial charge in [-0.25, -0.2) is 10.2 Å². The second-order valence-corrected chi connectivity index (χ2v) is 7.59. The molecule has 3 rings (SSSR count). The molecule has 0 aliphatic carbocycles. The van der Waals surface area contributed by atoms with Crippen LogP contribution in [0.2, 0.25) is 0 Å². The monoisotopic (exact) mass is 509 g/mol. The third kappa shape index (κ3) is 7.29. The van der Waals surface area contributed by atoms with Gasteiger partial charge >= 0.3 is 5.97 Å². The quantitative estimate of drug-likeness (QED) is 0.209. The van der Waals surface area contributed by atoms with Crippen LogP contribution in [0.25, 0.3) is 0 Å². The molecule has 0 aliphatic rings. The maximum absolute atomic E-state index is 12.3. The lowest BCUT2D eigenvalue weighted by Gasteiger charge is -2.06. The third-order valence-corrected chi connectivity index (χ3v) is 4.79. The predicted octanol–water partition coefficient (Wildman–Crippen LogP) is 3.56. The number of hydrogen-bond acceptors (Lipinski definition) is 6. The van der Waals surface area contributed by atoms with Gasteiger partial charge in [0, 0.05) is 10.0 Å². The van der Waals surface area contributed by atoms with Gasteiger partial charge in [-0.3, -0.25) is 9.59 Å². The van der Waals surface area contributed by atoms with Gasteiger partial charge in [0.25, 0.3) is 11.8 Å². The van der Waals surface area contributed by atoms with Gasteiger partial charge in [-0.2, -0.15) is 5.10 Å². The molecule has 0 aliphatic heterocycles. The number of amides is 2. The molecule has 0 bridgehead atoms. The van der Waals surface area contributed by atoms with E-state index in [9.17, 15) is 14.4 Å². The van der Waals surface area contributed by atoms with Crippen LogP contribution in [0.4, 0.5) is 0 Å². The number of nitrogens with one attached hydrogen (secondary N) is 2. The highest BCUT2D eigenvalue weighted by Gasteiger charge is 2.10. The standard InChI is InChI=1S/C24H20BrN3O5/c1-32-20-10-8-17(9-11-20)24(31)33-21-7-2-4-16(12-21)14-27-28-22(29)15-26-23(30)18-5-3-6-19(25)13-18/h2-14H,15H2,1H3,(H,26,30)(H,28,29)/b27-14+. The Labute approximate surface area is 198 Å². The molecule has 0 fully saturated rings. The molecule has 0 atom stereocenters. The Hall–Kier alpha value is -3.98. The molecular weight excluding hydrogens is 490 g/mol. The van der Waals surface area contributed by atoms with Crippen molar-refractivity contribution in [1.82, 2.24) is 10.7 Å². The summed E-state index contributed by atoms with van der Waals surface area (Å²) >= 11 is 3.29. The smallest absolute Gasteiger partial charge is 0.343 e. The van der Waals surface area contributed by atoms with Gasteiger partial charge in [0.1, 0.15) is 11.5 Å². The first-order valence-corrected chi connectivity index (χ1v) is 10.6. The van der Waals surface area contributed by atoms with E-state index < -0.39 is 11.9 Å². The van der Waals surface area contributed by atoms with Crippen LogP contribution in [0.3, 0.4) is 0 Å². The molecule has 0 radical (unpaired) electrons.